The van der Waals surface area contributed by atoms with Crippen molar-refractivity contribution in [3.8, 4) is 23.3 Å². The summed E-state index contributed by atoms with van der Waals surface area (Å²) in [5.41, 5.74) is 1.75. The van der Waals surface area contributed by atoms with Gasteiger partial charge in [-0.2, -0.15) is 0 Å². The molecule has 0 amide bonds. The van der Waals surface area contributed by atoms with E-state index in [-0.39, 0.29) is 6.61 Å². The van der Waals surface area contributed by atoms with Crippen molar-refractivity contribution in [1.29, 1.82) is 0 Å². The van der Waals surface area contributed by atoms with Gasteiger partial charge in [0.25, 0.3) is 0 Å². The Labute approximate surface area is 118 Å². The molecule has 2 rings (SSSR count). The maximum atomic E-state index is 8.80. The number of benzene rings is 2. The normalized spacial score (nSPS) is 9.50. The van der Waals surface area contributed by atoms with Crippen molar-refractivity contribution < 1.29 is 14.6 Å². The Balaban J connectivity index is 2.19. The Hall–Kier alpha value is -2.44. The van der Waals surface area contributed by atoms with Gasteiger partial charge in [-0.15, -0.1) is 0 Å². The molecule has 102 valence electrons. The zero-order valence-electron chi connectivity index (χ0n) is 11.3. The second-order valence-corrected chi connectivity index (χ2v) is 4.08. The summed E-state index contributed by atoms with van der Waals surface area (Å²) in [6.07, 6.45) is 0. The van der Waals surface area contributed by atoms with Crippen LogP contribution in [0.25, 0.3) is 0 Å². The fourth-order valence-electron chi connectivity index (χ4n) is 1.75. The summed E-state index contributed by atoms with van der Waals surface area (Å²) in [4.78, 5) is 0. The molecule has 2 aromatic rings. The summed E-state index contributed by atoms with van der Waals surface area (Å²) >= 11 is 0. The molecule has 0 unspecified atom stereocenters. The highest BCUT2D eigenvalue weighted by Gasteiger charge is 2.04. The quantitative estimate of drug-likeness (QED) is 0.866. The number of aliphatic hydroxyl groups excluding tert-OH is 1. The fraction of sp³-hybridized carbons (Fsp3) is 0.176. The molecule has 3 heteroatoms. The van der Waals surface area contributed by atoms with E-state index >= 15 is 0 Å². The van der Waals surface area contributed by atoms with Crippen molar-refractivity contribution in [3.05, 3.63) is 59.7 Å². The fourth-order valence-corrected chi connectivity index (χ4v) is 1.75. The molecule has 0 bridgehead atoms. The smallest absolute Gasteiger partial charge is 0.119 e. The number of hydrogen-bond acceptors (Lipinski definition) is 3. The third-order valence-corrected chi connectivity index (χ3v) is 2.75. The minimum absolute atomic E-state index is 0.162. The summed E-state index contributed by atoms with van der Waals surface area (Å²) in [6, 6.07) is 15.2. The first-order chi connectivity index (χ1) is 9.83. The largest absolute Gasteiger partial charge is 0.497 e. The van der Waals surface area contributed by atoms with E-state index in [0.29, 0.717) is 6.61 Å². The number of aliphatic hydroxyl groups is 1. The molecular weight excluding hydrogens is 252 g/mol. The molecular formula is C17H16O3. The van der Waals surface area contributed by atoms with E-state index in [4.69, 9.17) is 14.6 Å². The summed E-state index contributed by atoms with van der Waals surface area (Å²) in [6.45, 7) is 0.238. The molecule has 0 aliphatic heterocycles. The van der Waals surface area contributed by atoms with E-state index in [9.17, 15) is 0 Å². The molecule has 0 spiro atoms. The van der Waals surface area contributed by atoms with Crippen LogP contribution in [0.2, 0.25) is 0 Å². The SMILES string of the molecule is COc1ccc(C#CCO)c(COc2ccccc2)c1. The van der Waals surface area contributed by atoms with Crippen LogP contribution < -0.4 is 9.47 Å². The van der Waals surface area contributed by atoms with Crippen molar-refractivity contribution in [2.75, 3.05) is 13.7 Å². The molecule has 0 aliphatic rings. The molecule has 1 N–H and O–H groups in total. The average Bonchev–Trinajstić information content (AvgIpc) is 2.52. The summed E-state index contributed by atoms with van der Waals surface area (Å²) in [7, 11) is 1.62. The number of methoxy groups -OCH3 is 1. The Morgan fingerprint density at radius 3 is 2.55 bits per heavy atom. The molecule has 0 aromatic heterocycles. The Morgan fingerprint density at radius 1 is 1.05 bits per heavy atom. The lowest BCUT2D eigenvalue weighted by Gasteiger charge is -2.09. The van der Waals surface area contributed by atoms with Crippen LogP contribution in [-0.2, 0) is 6.61 Å². The number of rotatable bonds is 4. The van der Waals surface area contributed by atoms with Gasteiger partial charge in [0.05, 0.1) is 7.11 Å². The summed E-state index contributed by atoms with van der Waals surface area (Å²) in [5.74, 6) is 7.12. The van der Waals surface area contributed by atoms with Crippen LogP contribution in [0.1, 0.15) is 11.1 Å². The average molecular weight is 268 g/mol. The standard InChI is InChI=1S/C17H16O3/c1-19-17-10-9-14(6-5-11-18)15(12-17)13-20-16-7-3-2-4-8-16/h2-4,7-10,12,18H,11,13H2,1H3. The lowest BCUT2D eigenvalue weighted by Crippen LogP contribution is -1.99. The van der Waals surface area contributed by atoms with Gasteiger partial charge in [0, 0.05) is 11.1 Å². The summed E-state index contributed by atoms with van der Waals surface area (Å²) in [5, 5.41) is 8.80. The van der Waals surface area contributed by atoms with Crippen molar-refractivity contribution >= 4 is 0 Å². The predicted octanol–water partition coefficient (Wildman–Crippen LogP) is 2.62. The van der Waals surface area contributed by atoms with Crippen LogP contribution in [0.5, 0.6) is 11.5 Å². The van der Waals surface area contributed by atoms with E-state index < -0.39 is 0 Å². The van der Waals surface area contributed by atoms with Gasteiger partial charge in [0.15, 0.2) is 0 Å². The first kappa shape index (κ1) is 14.0. The zero-order chi connectivity index (χ0) is 14.2. The number of hydrogen-bond donors (Lipinski definition) is 1. The van der Waals surface area contributed by atoms with Crippen LogP contribution >= 0.6 is 0 Å². The van der Waals surface area contributed by atoms with Crippen LogP contribution in [-0.4, -0.2) is 18.8 Å². The van der Waals surface area contributed by atoms with Gasteiger partial charge in [0.1, 0.15) is 24.7 Å². The van der Waals surface area contributed by atoms with Crippen LogP contribution in [0.4, 0.5) is 0 Å². The first-order valence-electron chi connectivity index (χ1n) is 6.28. The van der Waals surface area contributed by atoms with Crippen LogP contribution in [0.15, 0.2) is 48.5 Å². The zero-order valence-corrected chi connectivity index (χ0v) is 11.3. The third kappa shape index (κ3) is 3.78. The van der Waals surface area contributed by atoms with Crippen molar-refractivity contribution in [2.45, 2.75) is 6.61 Å². The number of ether oxygens (including phenoxy) is 2. The summed E-state index contributed by atoms with van der Waals surface area (Å²) < 4.78 is 10.9. The minimum atomic E-state index is -0.162. The van der Waals surface area contributed by atoms with E-state index in [1.54, 1.807) is 7.11 Å². The van der Waals surface area contributed by atoms with Gasteiger partial charge in [-0.1, -0.05) is 30.0 Å². The highest BCUT2D eigenvalue weighted by atomic mass is 16.5. The van der Waals surface area contributed by atoms with Crippen LogP contribution in [0.3, 0.4) is 0 Å². The molecule has 0 radical (unpaired) electrons. The molecule has 0 aliphatic carbocycles. The van der Waals surface area contributed by atoms with Gasteiger partial charge in [-0.3, -0.25) is 0 Å². The van der Waals surface area contributed by atoms with Gasteiger partial charge in [-0.25, -0.2) is 0 Å². The molecule has 0 saturated carbocycles. The second-order valence-electron chi connectivity index (χ2n) is 4.08. The maximum absolute atomic E-state index is 8.80. The van der Waals surface area contributed by atoms with E-state index in [1.165, 1.54) is 0 Å². The predicted molar refractivity (Wildman–Crippen MR) is 77.7 cm³/mol. The van der Waals surface area contributed by atoms with Crippen LogP contribution in [0, 0.1) is 11.8 Å². The molecule has 0 heterocycles. The van der Waals surface area contributed by atoms with Gasteiger partial charge < -0.3 is 14.6 Å². The molecule has 20 heavy (non-hydrogen) atoms. The third-order valence-electron chi connectivity index (χ3n) is 2.75. The van der Waals surface area contributed by atoms with E-state index in [1.807, 2.05) is 48.5 Å². The highest BCUT2D eigenvalue weighted by molar-refractivity contribution is 5.45. The van der Waals surface area contributed by atoms with Crippen molar-refractivity contribution in [2.24, 2.45) is 0 Å². The second kappa shape index (κ2) is 7.22. The van der Waals surface area contributed by atoms with Gasteiger partial charge >= 0.3 is 0 Å². The molecule has 0 fully saturated rings. The van der Waals surface area contributed by atoms with Crippen molar-refractivity contribution in [1.82, 2.24) is 0 Å². The Morgan fingerprint density at radius 2 is 1.85 bits per heavy atom. The monoisotopic (exact) mass is 268 g/mol. The van der Waals surface area contributed by atoms with Crippen molar-refractivity contribution in [3.63, 3.8) is 0 Å². The molecule has 2 aromatic carbocycles. The lowest BCUT2D eigenvalue weighted by atomic mass is 10.1. The molecule has 3 nitrogen and oxygen atoms in total. The maximum Gasteiger partial charge on any atom is 0.119 e. The Bertz CT molecular complexity index is 609. The number of para-hydroxylation sites is 1. The lowest BCUT2D eigenvalue weighted by molar-refractivity contribution is 0.305. The molecule has 0 saturated heterocycles. The van der Waals surface area contributed by atoms with E-state index in [0.717, 1.165) is 22.6 Å². The Kier molecular flexibility index (Phi) is 5.05. The first-order valence-corrected chi connectivity index (χ1v) is 6.28. The highest BCUT2D eigenvalue weighted by Crippen LogP contribution is 2.19. The minimum Gasteiger partial charge on any atom is -0.497 e. The van der Waals surface area contributed by atoms with E-state index in [2.05, 4.69) is 11.8 Å². The molecule has 0 atom stereocenters. The topological polar surface area (TPSA) is 38.7 Å². The van der Waals surface area contributed by atoms with Gasteiger partial charge in [0.2, 0.25) is 0 Å². The van der Waals surface area contributed by atoms with Gasteiger partial charge in [-0.05, 0) is 30.3 Å².